The number of halogens is 1. The van der Waals surface area contributed by atoms with Crippen LogP contribution < -0.4 is 0 Å². The number of hydrogen-bond donors (Lipinski definition) is 0. The quantitative estimate of drug-likeness (QED) is 0.693. The van der Waals surface area contributed by atoms with Crippen LogP contribution in [0.2, 0.25) is 5.15 Å². The van der Waals surface area contributed by atoms with Crippen LogP contribution in [-0.4, -0.2) is 19.5 Å². The highest BCUT2D eigenvalue weighted by Crippen LogP contribution is 2.20. The van der Waals surface area contributed by atoms with Crippen molar-refractivity contribution in [1.82, 2.24) is 19.5 Å². The second-order valence-corrected chi connectivity index (χ2v) is 5.03. The lowest BCUT2D eigenvalue weighted by atomic mass is 10.2. The maximum absolute atomic E-state index is 6.05. The van der Waals surface area contributed by atoms with Crippen LogP contribution in [0.25, 0.3) is 11.0 Å². The summed E-state index contributed by atoms with van der Waals surface area (Å²) in [6.45, 7) is 4.95. The van der Waals surface area contributed by atoms with E-state index in [0.29, 0.717) is 11.6 Å². The van der Waals surface area contributed by atoms with E-state index in [4.69, 9.17) is 16.6 Å². The number of aryl methyl sites for hydroxylation is 1. The predicted molar refractivity (Wildman–Crippen MR) is 80.0 cm³/mol. The summed E-state index contributed by atoms with van der Waals surface area (Å²) in [7, 11) is 0. The van der Waals surface area contributed by atoms with Crippen molar-refractivity contribution in [3.05, 3.63) is 52.8 Å². The standard InChI is InChI=1S/C15H15ClN4/c1-3-20-13-7-5-4-6-11(13)19-14(20)8-12-10(2)15(16)18-9-17-12/h4-7,9H,3,8H2,1-2H3. The first-order valence-electron chi connectivity index (χ1n) is 6.60. The van der Waals surface area contributed by atoms with Gasteiger partial charge in [0.2, 0.25) is 0 Å². The van der Waals surface area contributed by atoms with Crippen molar-refractivity contribution in [2.45, 2.75) is 26.8 Å². The Morgan fingerprint density at radius 1 is 1.20 bits per heavy atom. The van der Waals surface area contributed by atoms with E-state index in [1.165, 1.54) is 6.33 Å². The molecule has 0 atom stereocenters. The Morgan fingerprint density at radius 3 is 2.80 bits per heavy atom. The zero-order chi connectivity index (χ0) is 14.1. The minimum Gasteiger partial charge on any atom is -0.328 e. The molecule has 0 spiro atoms. The summed E-state index contributed by atoms with van der Waals surface area (Å²) < 4.78 is 2.21. The van der Waals surface area contributed by atoms with E-state index in [-0.39, 0.29) is 0 Å². The van der Waals surface area contributed by atoms with E-state index in [1.54, 1.807) is 0 Å². The number of hydrogen-bond acceptors (Lipinski definition) is 3. The van der Waals surface area contributed by atoms with Crippen molar-refractivity contribution >= 4 is 22.6 Å². The number of benzene rings is 1. The number of rotatable bonds is 3. The molecule has 2 aromatic heterocycles. The normalized spacial score (nSPS) is 11.2. The molecule has 2 heterocycles. The largest absolute Gasteiger partial charge is 0.328 e. The lowest BCUT2D eigenvalue weighted by molar-refractivity contribution is 0.727. The lowest BCUT2D eigenvalue weighted by Crippen LogP contribution is -2.05. The Hall–Kier alpha value is -1.94. The van der Waals surface area contributed by atoms with Gasteiger partial charge in [0.15, 0.2) is 0 Å². The SMILES string of the molecule is CCn1c(Cc2ncnc(Cl)c2C)nc2ccccc21. The number of aromatic nitrogens is 4. The van der Waals surface area contributed by atoms with Gasteiger partial charge in [-0.3, -0.25) is 0 Å². The van der Waals surface area contributed by atoms with E-state index in [2.05, 4.69) is 27.5 Å². The average Bonchev–Trinajstić information content (AvgIpc) is 2.81. The summed E-state index contributed by atoms with van der Waals surface area (Å²) in [5.74, 6) is 1.01. The molecule has 0 saturated carbocycles. The van der Waals surface area contributed by atoms with Gasteiger partial charge < -0.3 is 4.57 Å². The summed E-state index contributed by atoms with van der Waals surface area (Å²) >= 11 is 6.05. The van der Waals surface area contributed by atoms with Crippen molar-refractivity contribution in [2.75, 3.05) is 0 Å². The molecule has 3 aromatic rings. The molecule has 0 bridgehead atoms. The molecule has 0 saturated heterocycles. The Bertz CT molecular complexity index is 764. The van der Waals surface area contributed by atoms with Crippen LogP contribution in [0.4, 0.5) is 0 Å². The number of para-hydroxylation sites is 2. The summed E-state index contributed by atoms with van der Waals surface area (Å²) in [4.78, 5) is 13.0. The molecule has 0 radical (unpaired) electrons. The van der Waals surface area contributed by atoms with Crippen LogP contribution in [0, 0.1) is 6.92 Å². The molecule has 3 rings (SSSR count). The fourth-order valence-corrected chi connectivity index (χ4v) is 2.56. The van der Waals surface area contributed by atoms with Crippen molar-refractivity contribution < 1.29 is 0 Å². The fourth-order valence-electron chi connectivity index (χ4n) is 2.40. The van der Waals surface area contributed by atoms with Gasteiger partial charge in [0.05, 0.1) is 16.7 Å². The maximum Gasteiger partial charge on any atom is 0.135 e. The maximum atomic E-state index is 6.05. The van der Waals surface area contributed by atoms with E-state index in [0.717, 1.165) is 34.7 Å². The van der Waals surface area contributed by atoms with Crippen LogP contribution in [0.3, 0.4) is 0 Å². The first-order valence-corrected chi connectivity index (χ1v) is 6.98. The van der Waals surface area contributed by atoms with E-state index in [1.807, 2.05) is 25.1 Å². The molecule has 0 unspecified atom stereocenters. The molecular weight excluding hydrogens is 272 g/mol. The highest BCUT2D eigenvalue weighted by atomic mass is 35.5. The fraction of sp³-hybridized carbons (Fsp3) is 0.267. The summed E-state index contributed by atoms with van der Waals surface area (Å²) in [5, 5.41) is 0.508. The molecule has 5 heteroatoms. The predicted octanol–water partition coefficient (Wildman–Crippen LogP) is 3.40. The molecular formula is C15H15ClN4. The van der Waals surface area contributed by atoms with Gasteiger partial charge in [-0.2, -0.15) is 0 Å². The molecule has 0 aliphatic carbocycles. The molecule has 0 aliphatic heterocycles. The second kappa shape index (κ2) is 5.21. The smallest absolute Gasteiger partial charge is 0.135 e. The van der Waals surface area contributed by atoms with Gasteiger partial charge in [-0.25, -0.2) is 15.0 Å². The highest BCUT2D eigenvalue weighted by molar-refractivity contribution is 6.30. The van der Waals surface area contributed by atoms with Gasteiger partial charge in [0, 0.05) is 18.5 Å². The summed E-state index contributed by atoms with van der Waals surface area (Å²) in [5.41, 5.74) is 4.02. The molecule has 0 N–H and O–H groups in total. The molecule has 102 valence electrons. The third-order valence-electron chi connectivity index (χ3n) is 3.50. The van der Waals surface area contributed by atoms with Gasteiger partial charge in [-0.1, -0.05) is 23.7 Å². The van der Waals surface area contributed by atoms with Gasteiger partial charge in [-0.15, -0.1) is 0 Å². The minimum atomic E-state index is 0.508. The highest BCUT2D eigenvalue weighted by Gasteiger charge is 2.13. The van der Waals surface area contributed by atoms with Gasteiger partial charge in [0.25, 0.3) is 0 Å². The third kappa shape index (κ3) is 2.16. The number of imidazole rings is 1. The average molecular weight is 287 g/mol. The van der Waals surface area contributed by atoms with Crippen LogP contribution >= 0.6 is 11.6 Å². The molecule has 1 aromatic carbocycles. The topological polar surface area (TPSA) is 43.6 Å². The second-order valence-electron chi connectivity index (χ2n) is 4.67. The zero-order valence-corrected chi connectivity index (χ0v) is 12.2. The van der Waals surface area contributed by atoms with Gasteiger partial charge in [0.1, 0.15) is 17.3 Å². The molecule has 0 amide bonds. The van der Waals surface area contributed by atoms with E-state index < -0.39 is 0 Å². The van der Waals surface area contributed by atoms with Crippen molar-refractivity contribution in [1.29, 1.82) is 0 Å². The van der Waals surface area contributed by atoms with Crippen LogP contribution in [0.1, 0.15) is 24.0 Å². The molecule has 0 aliphatic rings. The van der Waals surface area contributed by atoms with E-state index in [9.17, 15) is 0 Å². The lowest BCUT2D eigenvalue weighted by Gasteiger charge is -2.08. The molecule has 20 heavy (non-hydrogen) atoms. The Kier molecular flexibility index (Phi) is 3.40. The number of nitrogens with zero attached hydrogens (tertiary/aromatic N) is 4. The van der Waals surface area contributed by atoms with Gasteiger partial charge in [-0.05, 0) is 26.0 Å². The summed E-state index contributed by atoms with van der Waals surface area (Å²) in [6, 6.07) is 8.17. The monoisotopic (exact) mass is 286 g/mol. The molecule has 0 fully saturated rings. The van der Waals surface area contributed by atoms with Crippen molar-refractivity contribution in [3.63, 3.8) is 0 Å². The van der Waals surface area contributed by atoms with Crippen molar-refractivity contribution in [2.24, 2.45) is 0 Å². The Balaban J connectivity index is 2.08. The Morgan fingerprint density at radius 2 is 2.00 bits per heavy atom. The van der Waals surface area contributed by atoms with E-state index >= 15 is 0 Å². The first-order chi connectivity index (χ1) is 9.70. The first kappa shape index (κ1) is 13.1. The van der Waals surface area contributed by atoms with Crippen molar-refractivity contribution in [3.8, 4) is 0 Å². The minimum absolute atomic E-state index is 0.508. The van der Waals surface area contributed by atoms with Crippen LogP contribution in [0.15, 0.2) is 30.6 Å². The number of fused-ring (bicyclic) bond motifs is 1. The zero-order valence-electron chi connectivity index (χ0n) is 11.5. The molecule has 4 nitrogen and oxygen atoms in total. The van der Waals surface area contributed by atoms with Crippen LogP contribution in [0.5, 0.6) is 0 Å². The summed E-state index contributed by atoms with van der Waals surface area (Å²) in [6.07, 6.45) is 2.17. The van der Waals surface area contributed by atoms with Gasteiger partial charge >= 0.3 is 0 Å². The third-order valence-corrected chi connectivity index (χ3v) is 3.88. The van der Waals surface area contributed by atoms with Crippen LogP contribution in [-0.2, 0) is 13.0 Å². The Labute approximate surface area is 122 Å².